The minimum absolute atomic E-state index is 0.292. The summed E-state index contributed by atoms with van der Waals surface area (Å²) in [5.41, 5.74) is 2.55. The topological polar surface area (TPSA) is 20.2 Å². The van der Waals surface area contributed by atoms with E-state index >= 15 is 0 Å². The Morgan fingerprint density at radius 2 is 1.89 bits per heavy atom. The highest BCUT2D eigenvalue weighted by Gasteiger charge is 2.19. The molecule has 2 aromatic carbocycles. The van der Waals surface area contributed by atoms with E-state index in [-0.39, 0.29) is 5.82 Å². The third kappa shape index (κ3) is 2.47. The molecule has 0 saturated carbocycles. The normalized spacial score (nSPS) is 12.5. The summed E-state index contributed by atoms with van der Waals surface area (Å²) >= 11 is 3.30. The van der Waals surface area contributed by atoms with Gasteiger partial charge in [-0.05, 0) is 31.0 Å². The average molecular weight is 309 g/mol. The zero-order valence-electron chi connectivity index (χ0n) is 10.2. The summed E-state index contributed by atoms with van der Waals surface area (Å²) in [4.78, 5) is 0. The van der Waals surface area contributed by atoms with E-state index in [0.29, 0.717) is 21.2 Å². The lowest BCUT2D eigenvalue weighted by Gasteiger charge is -2.16. The molecule has 0 heterocycles. The number of aryl methyl sites for hydroxylation is 2. The van der Waals surface area contributed by atoms with E-state index in [1.54, 1.807) is 25.1 Å². The summed E-state index contributed by atoms with van der Waals surface area (Å²) < 4.78 is 14.7. The average Bonchev–Trinajstić information content (AvgIpc) is 2.34. The number of aliphatic hydroxyl groups is 1. The van der Waals surface area contributed by atoms with Gasteiger partial charge in [-0.15, -0.1) is 0 Å². The lowest BCUT2D eigenvalue weighted by Crippen LogP contribution is -2.05. The number of rotatable bonds is 2. The molecule has 0 aliphatic rings. The van der Waals surface area contributed by atoms with E-state index in [1.165, 1.54) is 0 Å². The van der Waals surface area contributed by atoms with Crippen LogP contribution in [0, 0.1) is 19.7 Å². The van der Waals surface area contributed by atoms with E-state index in [9.17, 15) is 9.50 Å². The van der Waals surface area contributed by atoms with Crippen LogP contribution in [0.5, 0.6) is 0 Å². The zero-order chi connectivity index (χ0) is 13.3. The molecule has 2 aromatic rings. The molecule has 1 nitrogen and oxygen atoms in total. The van der Waals surface area contributed by atoms with E-state index in [4.69, 9.17) is 0 Å². The summed E-state index contributed by atoms with van der Waals surface area (Å²) in [6, 6.07) is 10.9. The Balaban J connectivity index is 2.52. The maximum atomic E-state index is 14.1. The first-order valence-electron chi connectivity index (χ1n) is 5.70. The van der Waals surface area contributed by atoms with Crippen LogP contribution in [0.4, 0.5) is 4.39 Å². The predicted molar refractivity (Wildman–Crippen MR) is 74.1 cm³/mol. The predicted octanol–water partition coefficient (Wildman–Crippen LogP) is 4.29. The first kappa shape index (κ1) is 13.2. The Kier molecular flexibility index (Phi) is 3.83. The van der Waals surface area contributed by atoms with Crippen molar-refractivity contribution in [3.05, 3.63) is 68.9 Å². The minimum Gasteiger partial charge on any atom is -0.384 e. The van der Waals surface area contributed by atoms with Crippen LogP contribution in [0.1, 0.15) is 28.4 Å². The molecule has 1 unspecified atom stereocenters. The van der Waals surface area contributed by atoms with Crippen molar-refractivity contribution in [2.45, 2.75) is 20.0 Å². The highest BCUT2D eigenvalue weighted by atomic mass is 79.9. The standard InChI is InChI=1S/C15H14BrFO/c1-9-4-3-5-11(8-9)15(18)13-12(16)7-6-10(2)14(13)17/h3-8,15,18H,1-2H3. The molecular weight excluding hydrogens is 295 g/mol. The first-order valence-corrected chi connectivity index (χ1v) is 6.49. The molecule has 0 aliphatic heterocycles. The molecule has 1 atom stereocenters. The Bertz CT molecular complexity index is 581. The molecule has 0 aliphatic carbocycles. The molecule has 0 aromatic heterocycles. The lowest BCUT2D eigenvalue weighted by atomic mass is 9.98. The van der Waals surface area contributed by atoms with Gasteiger partial charge in [0.15, 0.2) is 0 Å². The lowest BCUT2D eigenvalue weighted by molar-refractivity contribution is 0.214. The molecule has 1 N–H and O–H groups in total. The fourth-order valence-corrected chi connectivity index (χ4v) is 2.46. The highest BCUT2D eigenvalue weighted by molar-refractivity contribution is 9.10. The molecule has 3 heteroatoms. The van der Waals surface area contributed by atoms with Crippen molar-refractivity contribution in [2.24, 2.45) is 0 Å². The van der Waals surface area contributed by atoms with Gasteiger partial charge in [-0.1, -0.05) is 51.8 Å². The molecular formula is C15H14BrFO. The van der Waals surface area contributed by atoms with E-state index in [1.807, 2.05) is 25.1 Å². The van der Waals surface area contributed by atoms with Gasteiger partial charge < -0.3 is 5.11 Å². The van der Waals surface area contributed by atoms with Crippen LogP contribution in [-0.2, 0) is 0 Å². The van der Waals surface area contributed by atoms with Crippen LogP contribution in [-0.4, -0.2) is 5.11 Å². The van der Waals surface area contributed by atoms with Crippen molar-refractivity contribution >= 4 is 15.9 Å². The smallest absolute Gasteiger partial charge is 0.133 e. The highest BCUT2D eigenvalue weighted by Crippen LogP contribution is 2.32. The third-order valence-corrected chi connectivity index (χ3v) is 3.64. The van der Waals surface area contributed by atoms with Gasteiger partial charge in [-0.25, -0.2) is 4.39 Å². The van der Waals surface area contributed by atoms with Crippen molar-refractivity contribution in [3.63, 3.8) is 0 Å². The minimum atomic E-state index is -0.959. The summed E-state index contributed by atoms with van der Waals surface area (Å²) in [6.07, 6.45) is -0.959. The maximum Gasteiger partial charge on any atom is 0.133 e. The molecule has 0 spiro atoms. The van der Waals surface area contributed by atoms with Crippen LogP contribution in [0.25, 0.3) is 0 Å². The zero-order valence-corrected chi connectivity index (χ0v) is 11.8. The Hall–Kier alpha value is -1.19. The molecule has 94 valence electrons. The van der Waals surface area contributed by atoms with Gasteiger partial charge >= 0.3 is 0 Å². The van der Waals surface area contributed by atoms with Gasteiger partial charge in [0.05, 0.1) is 0 Å². The van der Waals surface area contributed by atoms with Gasteiger partial charge in [0.2, 0.25) is 0 Å². The second-order valence-corrected chi connectivity index (χ2v) is 5.26. The number of benzene rings is 2. The summed E-state index contributed by atoms with van der Waals surface area (Å²) in [7, 11) is 0. The van der Waals surface area contributed by atoms with Crippen molar-refractivity contribution in [3.8, 4) is 0 Å². The SMILES string of the molecule is Cc1cccc(C(O)c2c(Br)ccc(C)c2F)c1. The van der Waals surface area contributed by atoms with Crippen LogP contribution in [0.3, 0.4) is 0 Å². The second kappa shape index (κ2) is 5.21. The van der Waals surface area contributed by atoms with Crippen molar-refractivity contribution < 1.29 is 9.50 Å². The van der Waals surface area contributed by atoms with Gasteiger partial charge in [-0.3, -0.25) is 0 Å². The molecule has 0 radical (unpaired) electrons. The Labute approximate surface area is 114 Å². The quantitative estimate of drug-likeness (QED) is 0.877. The summed E-state index contributed by atoms with van der Waals surface area (Å²) in [6.45, 7) is 3.63. The Morgan fingerprint density at radius 1 is 1.17 bits per heavy atom. The van der Waals surface area contributed by atoms with Crippen LogP contribution in [0.2, 0.25) is 0 Å². The van der Waals surface area contributed by atoms with Gasteiger partial charge in [-0.2, -0.15) is 0 Å². The molecule has 2 rings (SSSR count). The van der Waals surface area contributed by atoms with Crippen molar-refractivity contribution in [1.82, 2.24) is 0 Å². The molecule has 18 heavy (non-hydrogen) atoms. The molecule has 0 saturated heterocycles. The first-order chi connectivity index (χ1) is 8.50. The monoisotopic (exact) mass is 308 g/mol. The van der Waals surface area contributed by atoms with Crippen molar-refractivity contribution in [1.29, 1.82) is 0 Å². The molecule has 0 fully saturated rings. The number of hydrogen-bond donors (Lipinski definition) is 1. The fraction of sp³-hybridized carbons (Fsp3) is 0.200. The summed E-state index contributed by atoms with van der Waals surface area (Å²) in [5, 5.41) is 10.3. The maximum absolute atomic E-state index is 14.1. The van der Waals surface area contributed by atoms with Gasteiger partial charge in [0.1, 0.15) is 11.9 Å². The second-order valence-electron chi connectivity index (χ2n) is 4.41. The van der Waals surface area contributed by atoms with Crippen LogP contribution in [0.15, 0.2) is 40.9 Å². The van der Waals surface area contributed by atoms with Gasteiger partial charge in [0.25, 0.3) is 0 Å². The third-order valence-electron chi connectivity index (χ3n) is 2.95. The largest absolute Gasteiger partial charge is 0.384 e. The summed E-state index contributed by atoms with van der Waals surface area (Å²) in [5.74, 6) is -0.363. The fourth-order valence-electron chi connectivity index (χ4n) is 1.94. The molecule has 0 bridgehead atoms. The van der Waals surface area contributed by atoms with Gasteiger partial charge in [0, 0.05) is 10.0 Å². The number of halogens is 2. The number of hydrogen-bond acceptors (Lipinski definition) is 1. The van der Waals surface area contributed by atoms with Crippen LogP contribution >= 0.6 is 15.9 Å². The van der Waals surface area contributed by atoms with E-state index < -0.39 is 6.10 Å². The van der Waals surface area contributed by atoms with Crippen LogP contribution < -0.4 is 0 Å². The molecule has 0 amide bonds. The number of aliphatic hydroxyl groups excluding tert-OH is 1. The van der Waals surface area contributed by atoms with Crippen molar-refractivity contribution in [2.75, 3.05) is 0 Å². The Morgan fingerprint density at radius 3 is 2.56 bits per heavy atom. The van der Waals surface area contributed by atoms with E-state index in [0.717, 1.165) is 5.56 Å². The van der Waals surface area contributed by atoms with E-state index in [2.05, 4.69) is 15.9 Å².